The predicted molar refractivity (Wildman–Crippen MR) is 85.0 cm³/mol. The van der Waals surface area contributed by atoms with Crippen LogP contribution in [0, 0.1) is 0 Å². The number of nitrogens with one attached hydrogen (secondary N) is 1. The van der Waals surface area contributed by atoms with Gasteiger partial charge in [-0.05, 0) is 26.1 Å². The van der Waals surface area contributed by atoms with Crippen LogP contribution in [0.2, 0.25) is 0 Å². The van der Waals surface area contributed by atoms with Crippen molar-refractivity contribution in [3.05, 3.63) is 29.8 Å². The molecule has 1 aromatic rings. The maximum absolute atomic E-state index is 12.2. The summed E-state index contributed by atoms with van der Waals surface area (Å²) in [7, 11) is 2.08. The molecular weight excluding hydrogens is 282 g/mol. The van der Waals surface area contributed by atoms with Crippen LogP contribution < -0.4 is 5.32 Å². The summed E-state index contributed by atoms with van der Waals surface area (Å²) in [6.07, 6.45) is 0. The van der Waals surface area contributed by atoms with Crippen molar-refractivity contribution in [3.8, 4) is 0 Å². The van der Waals surface area contributed by atoms with Crippen LogP contribution in [0.5, 0.6) is 0 Å². The normalized spacial score (nSPS) is 16.3. The number of amides is 1. The number of benzene rings is 1. The summed E-state index contributed by atoms with van der Waals surface area (Å²) in [6.45, 7) is 6.09. The Morgan fingerprint density at radius 3 is 2.55 bits per heavy atom. The zero-order valence-corrected chi connectivity index (χ0v) is 13.2. The van der Waals surface area contributed by atoms with Crippen LogP contribution in [-0.2, 0) is 9.53 Å². The summed E-state index contributed by atoms with van der Waals surface area (Å²) in [5.41, 5.74) is 0.885. The van der Waals surface area contributed by atoms with Crippen LogP contribution in [0.25, 0.3) is 0 Å². The Morgan fingerprint density at radius 2 is 1.86 bits per heavy atom. The Balaban J connectivity index is 1.95. The van der Waals surface area contributed by atoms with Gasteiger partial charge in [-0.2, -0.15) is 0 Å². The molecule has 0 radical (unpaired) electrons. The van der Waals surface area contributed by atoms with Crippen molar-refractivity contribution in [3.63, 3.8) is 0 Å². The highest BCUT2D eigenvalue weighted by Crippen LogP contribution is 2.16. The largest absolute Gasteiger partial charge is 0.462 e. The van der Waals surface area contributed by atoms with E-state index < -0.39 is 5.97 Å². The molecule has 1 amide bonds. The standard InChI is InChI=1S/C16H23N3O3/c1-3-22-16(21)13-6-4-5-7-14(13)17-15(20)12-19-10-8-18(2)9-11-19/h4-7H,3,8-12H2,1-2H3,(H,17,20). The van der Waals surface area contributed by atoms with Gasteiger partial charge in [0.1, 0.15) is 0 Å². The number of hydrogen-bond acceptors (Lipinski definition) is 5. The Kier molecular flexibility index (Phi) is 5.91. The maximum atomic E-state index is 12.2. The lowest BCUT2D eigenvalue weighted by atomic mass is 10.2. The first-order valence-electron chi connectivity index (χ1n) is 7.57. The van der Waals surface area contributed by atoms with Crippen LogP contribution >= 0.6 is 0 Å². The van der Waals surface area contributed by atoms with Crippen molar-refractivity contribution < 1.29 is 14.3 Å². The van der Waals surface area contributed by atoms with Crippen LogP contribution in [-0.4, -0.2) is 68.1 Å². The zero-order valence-electron chi connectivity index (χ0n) is 13.2. The highest BCUT2D eigenvalue weighted by Gasteiger charge is 2.18. The van der Waals surface area contributed by atoms with Gasteiger partial charge in [0.05, 0.1) is 24.4 Å². The lowest BCUT2D eigenvalue weighted by molar-refractivity contribution is -0.117. The minimum absolute atomic E-state index is 0.110. The number of esters is 1. The predicted octanol–water partition coefficient (Wildman–Crippen LogP) is 1.05. The molecule has 0 bridgehead atoms. The molecule has 0 unspecified atom stereocenters. The van der Waals surface area contributed by atoms with Gasteiger partial charge in [0.2, 0.25) is 5.91 Å². The summed E-state index contributed by atoms with van der Waals surface area (Å²) in [5.74, 6) is -0.528. The van der Waals surface area contributed by atoms with E-state index in [2.05, 4.69) is 22.2 Å². The first kappa shape index (κ1) is 16.5. The third-order valence-corrected chi connectivity index (χ3v) is 3.66. The molecule has 1 N–H and O–H groups in total. The van der Waals surface area contributed by atoms with Gasteiger partial charge >= 0.3 is 5.97 Å². The maximum Gasteiger partial charge on any atom is 0.340 e. The van der Waals surface area contributed by atoms with Gasteiger partial charge in [-0.1, -0.05) is 12.1 Å². The summed E-state index contributed by atoms with van der Waals surface area (Å²) < 4.78 is 5.01. The Hall–Kier alpha value is -1.92. The highest BCUT2D eigenvalue weighted by atomic mass is 16.5. The molecule has 120 valence electrons. The van der Waals surface area contributed by atoms with Crippen molar-refractivity contribution in [1.29, 1.82) is 0 Å². The van der Waals surface area contributed by atoms with E-state index in [0.29, 0.717) is 24.4 Å². The molecule has 1 aliphatic rings. The number of anilines is 1. The topological polar surface area (TPSA) is 61.9 Å². The molecule has 0 aliphatic carbocycles. The SMILES string of the molecule is CCOC(=O)c1ccccc1NC(=O)CN1CCN(C)CC1. The number of hydrogen-bond donors (Lipinski definition) is 1. The minimum atomic E-state index is -0.419. The third-order valence-electron chi connectivity index (χ3n) is 3.66. The summed E-state index contributed by atoms with van der Waals surface area (Å²) in [6, 6.07) is 6.91. The lowest BCUT2D eigenvalue weighted by Crippen LogP contribution is -2.47. The first-order chi connectivity index (χ1) is 10.6. The second-order valence-electron chi connectivity index (χ2n) is 5.39. The molecule has 1 saturated heterocycles. The van der Waals surface area contributed by atoms with E-state index in [9.17, 15) is 9.59 Å². The minimum Gasteiger partial charge on any atom is -0.462 e. The molecule has 6 nitrogen and oxygen atoms in total. The fourth-order valence-electron chi connectivity index (χ4n) is 2.38. The first-order valence-corrected chi connectivity index (χ1v) is 7.57. The summed E-state index contributed by atoms with van der Waals surface area (Å²) in [5, 5.41) is 2.81. The van der Waals surface area contributed by atoms with Crippen molar-refractivity contribution in [1.82, 2.24) is 9.80 Å². The van der Waals surface area contributed by atoms with E-state index in [0.717, 1.165) is 26.2 Å². The smallest absolute Gasteiger partial charge is 0.340 e. The van der Waals surface area contributed by atoms with E-state index in [1.165, 1.54) is 0 Å². The van der Waals surface area contributed by atoms with Gasteiger partial charge in [0, 0.05) is 26.2 Å². The second kappa shape index (κ2) is 7.91. The van der Waals surface area contributed by atoms with E-state index in [-0.39, 0.29) is 5.91 Å². The van der Waals surface area contributed by atoms with Crippen LogP contribution in [0.4, 0.5) is 5.69 Å². The van der Waals surface area contributed by atoms with Gasteiger partial charge in [-0.25, -0.2) is 4.79 Å². The molecule has 22 heavy (non-hydrogen) atoms. The van der Waals surface area contributed by atoms with Crippen LogP contribution in [0.15, 0.2) is 24.3 Å². The third kappa shape index (κ3) is 4.54. The number of rotatable bonds is 5. The molecule has 6 heteroatoms. The highest BCUT2D eigenvalue weighted by molar-refractivity contribution is 6.01. The number of carbonyl (C=O) groups excluding carboxylic acids is 2. The van der Waals surface area contributed by atoms with Crippen LogP contribution in [0.3, 0.4) is 0 Å². The number of ether oxygens (including phenoxy) is 1. The van der Waals surface area contributed by atoms with Crippen molar-refractivity contribution in [2.24, 2.45) is 0 Å². The average molecular weight is 305 g/mol. The summed E-state index contributed by atoms with van der Waals surface area (Å²) in [4.78, 5) is 28.4. The fourth-order valence-corrected chi connectivity index (χ4v) is 2.38. The number of likely N-dealkylation sites (N-methyl/N-ethyl adjacent to an activating group) is 1. The fraction of sp³-hybridized carbons (Fsp3) is 0.500. The molecule has 1 fully saturated rings. The lowest BCUT2D eigenvalue weighted by Gasteiger charge is -2.31. The molecule has 0 saturated carbocycles. The molecule has 1 heterocycles. The molecular formula is C16H23N3O3. The molecule has 0 atom stereocenters. The van der Waals surface area contributed by atoms with E-state index in [1.807, 2.05) is 0 Å². The number of nitrogens with zero attached hydrogens (tertiary/aromatic N) is 2. The Bertz CT molecular complexity index is 525. The van der Waals surface area contributed by atoms with Gasteiger partial charge in [-0.3, -0.25) is 9.69 Å². The molecule has 0 aromatic heterocycles. The van der Waals surface area contributed by atoms with Crippen molar-refractivity contribution in [2.45, 2.75) is 6.92 Å². The molecule has 1 aromatic carbocycles. The molecule has 0 spiro atoms. The van der Waals surface area contributed by atoms with Gasteiger partial charge in [-0.15, -0.1) is 0 Å². The molecule has 1 aliphatic heterocycles. The average Bonchev–Trinajstić information content (AvgIpc) is 2.50. The Labute approximate surface area is 131 Å². The van der Waals surface area contributed by atoms with E-state index >= 15 is 0 Å². The van der Waals surface area contributed by atoms with Gasteiger partial charge in [0.25, 0.3) is 0 Å². The number of para-hydroxylation sites is 1. The number of piperazine rings is 1. The summed E-state index contributed by atoms with van der Waals surface area (Å²) >= 11 is 0. The number of carbonyl (C=O) groups is 2. The molecule has 2 rings (SSSR count). The van der Waals surface area contributed by atoms with E-state index in [4.69, 9.17) is 4.74 Å². The second-order valence-corrected chi connectivity index (χ2v) is 5.39. The Morgan fingerprint density at radius 1 is 1.18 bits per heavy atom. The monoisotopic (exact) mass is 305 g/mol. The van der Waals surface area contributed by atoms with Crippen LogP contribution in [0.1, 0.15) is 17.3 Å². The van der Waals surface area contributed by atoms with Gasteiger partial charge in [0.15, 0.2) is 0 Å². The van der Waals surface area contributed by atoms with Crippen molar-refractivity contribution >= 4 is 17.6 Å². The van der Waals surface area contributed by atoms with Crippen molar-refractivity contribution in [2.75, 3.05) is 51.7 Å². The van der Waals surface area contributed by atoms with E-state index in [1.54, 1.807) is 31.2 Å². The zero-order chi connectivity index (χ0) is 15.9. The quantitative estimate of drug-likeness (QED) is 0.824. The van der Waals surface area contributed by atoms with Gasteiger partial charge < -0.3 is 15.0 Å².